The van der Waals surface area contributed by atoms with Gasteiger partial charge in [-0.3, -0.25) is 4.99 Å². The Balaban J connectivity index is 0.00000180. The van der Waals surface area contributed by atoms with Gasteiger partial charge in [0, 0.05) is 19.6 Å². The molecule has 0 fully saturated rings. The smallest absolute Gasteiger partial charge is 0.191 e. The van der Waals surface area contributed by atoms with Gasteiger partial charge in [-0.2, -0.15) is 0 Å². The molecule has 0 atom stereocenters. The van der Waals surface area contributed by atoms with Gasteiger partial charge in [0.05, 0.1) is 14.2 Å². The minimum Gasteiger partial charge on any atom is -0.493 e. The molecule has 6 heteroatoms. The molecule has 19 heavy (non-hydrogen) atoms. The van der Waals surface area contributed by atoms with Crippen LogP contribution in [0.5, 0.6) is 11.5 Å². The Labute approximate surface area is 130 Å². The summed E-state index contributed by atoms with van der Waals surface area (Å²) in [6.07, 6.45) is 1.10. The van der Waals surface area contributed by atoms with Gasteiger partial charge in [-0.1, -0.05) is 6.07 Å². The quantitative estimate of drug-likeness (QED) is 0.786. The maximum Gasteiger partial charge on any atom is 0.191 e. The van der Waals surface area contributed by atoms with Crippen LogP contribution >= 0.6 is 24.0 Å². The van der Waals surface area contributed by atoms with Crippen molar-refractivity contribution in [2.24, 2.45) is 4.99 Å². The highest BCUT2D eigenvalue weighted by molar-refractivity contribution is 14.0. The third-order valence-electron chi connectivity index (χ3n) is 2.81. The first kappa shape index (κ1) is 15.9. The molecule has 0 saturated heterocycles. The van der Waals surface area contributed by atoms with Crippen molar-refractivity contribution in [1.82, 2.24) is 10.6 Å². The molecule has 0 bridgehead atoms. The van der Waals surface area contributed by atoms with Crippen molar-refractivity contribution in [3.8, 4) is 11.5 Å². The van der Waals surface area contributed by atoms with Crippen molar-refractivity contribution in [1.29, 1.82) is 0 Å². The third kappa shape index (κ3) is 4.45. The summed E-state index contributed by atoms with van der Waals surface area (Å²) in [6.45, 7) is 2.59. The number of hydrogen-bond donors (Lipinski definition) is 2. The Morgan fingerprint density at radius 2 is 2.05 bits per heavy atom. The Kier molecular flexibility index (Phi) is 6.75. The molecule has 0 amide bonds. The SMILES string of the molecule is COc1ccc(CNC2=NCCCN2)cc1OC.I. The normalized spacial score (nSPS) is 13.7. The maximum absolute atomic E-state index is 5.27. The van der Waals surface area contributed by atoms with E-state index in [0.717, 1.165) is 42.5 Å². The Bertz CT molecular complexity index is 438. The van der Waals surface area contributed by atoms with Gasteiger partial charge in [-0.05, 0) is 24.1 Å². The van der Waals surface area contributed by atoms with E-state index in [1.54, 1.807) is 14.2 Å². The van der Waals surface area contributed by atoms with Crippen LogP contribution in [0.4, 0.5) is 0 Å². The molecule has 0 radical (unpaired) electrons. The minimum absolute atomic E-state index is 0. The zero-order valence-corrected chi connectivity index (χ0v) is 13.6. The standard InChI is InChI=1S/C13H19N3O2.HI/c1-17-11-5-4-10(8-12(11)18-2)9-16-13-14-6-3-7-15-13;/h4-5,8H,3,6-7,9H2,1-2H3,(H2,14,15,16);1H. The topological polar surface area (TPSA) is 54.9 Å². The Morgan fingerprint density at radius 3 is 2.68 bits per heavy atom. The fourth-order valence-corrected chi connectivity index (χ4v) is 1.83. The lowest BCUT2D eigenvalue weighted by molar-refractivity contribution is 0.354. The molecular formula is C13H20IN3O2. The molecular weight excluding hydrogens is 357 g/mol. The third-order valence-corrected chi connectivity index (χ3v) is 2.81. The number of guanidine groups is 1. The van der Waals surface area contributed by atoms with Gasteiger partial charge in [0.15, 0.2) is 17.5 Å². The summed E-state index contributed by atoms with van der Waals surface area (Å²) >= 11 is 0. The number of nitrogens with one attached hydrogen (secondary N) is 2. The maximum atomic E-state index is 5.27. The zero-order valence-electron chi connectivity index (χ0n) is 11.2. The van der Waals surface area contributed by atoms with Gasteiger partial charge < -0.3 is 20.1 Å². The molecule has 1 aliphatic heterocycles. The van der Waals surface area contributed by atoms with E-state index in [4.69, 9.17) is 9.47 Å². The van der Waals surface area contributed by atoms with Crippen LogP contribution in [0.3, 0.4) is 0 Å². The van der Waals surface area contributed by atoms with E-state index in [2.05, 4.69) is 15.6 Å². The highest BCUT2D eigenvalue weighted by atomic mass is 127. The second kappa shape index (κ2) is 8.08. The Hall–Kier alpha value is -1.18. The number of ether oxygens (including phenoxy) is 2. The van der Waals surface area contributed by atoms with E-state index in [9.17, 15) is 0 Å². The second-order valence-electron chi connectivity index (χ2n) is 4.05. The monoisotopic (exact) mass is 377 g/mol. The first-order valence-electron chi connectivity index (χ1n) is 6.06. The summed E-state index contributed by atoms with van der Waals surface area (Å²) in [5.74, 6) is 2.36. The number of hydrogen-bond acceptors (Lipinski definition) is 5. The molecule has 0 aromatic heterocycles. The fourth-order valence-electron chi connectivity index (χ4n) is 1.83. The largest absolute Gasteiger partial charge is 0.493 e. The van der Waals surface area contributed by atoms with E-state index < -0.39 is 0 Å². The van der Waals surface area contributed by atoms with Crippen molar-refractivity contribution >= 4 is 29.9 Å². The van der Waals surface area contributed by atoms with E-state index >= 15 is 0 Å². The second-order valence-corrected chi connectivity index (χ2v) is 4.05. The summed E-state index contributed by atoms with van der Waals surface area (Å²) in [5, 5.41) is 6.49. The molecule has 2 rings (SSSR count). The van der Waals surface area contributed by atoms with Crippen LogP contribution in [0.25, 0.3) is 0 Å². The van der Waals surface area contributed by atoms with Gasteiger partial charge >= 0.3 is 0 Å². The first-order valence-corrected chi connectivity index (χ1v) is 6.06. The molecule has 2 N–H and O–H groups in total. The van der Waals surface area contributed by atoms with Crippen LogP contribution < -0.4 is 20.1 Å². The van der Waals surface area contributed by atoms with E-state index in [0.29, 0.717) is 6.54 Å². The van der Waals surface area contributed by atoms with E-state index in [-0.39, 0.29) is 24.0 Å². The molecule has 1 aliphatic rings. The minimum atomic E-state index is 0. The van der Waals surface area contributed by atoms with Gasteiger partial charge in [-0.15, -0.1) is 24.0 Å². The number of methoxy groups -OCH3 is 2. The molecule has 106 valence electrons. The molecule has 0 spiro atoms. The molecule has 1 heterocycles. The highest BCUT2D eigenvalue weighted by Gasteiger charge is 2.06. The summed E-state index contributed by atoms with van der Waals surface area (Å²) in [4.78, 5) is 4.36. The van der Waals surface area contributed by atoms with Gasteiger partial charge in [0.2, 0.25) is 0 Å². The molecule has 1 aromatic rings. The van der Waals surface area contributed by atoms with Gasteiger partial charge in [0.1, 0.15) is 0 Å². The molecule has 1 aromatic carbocycles. The molecule has 0 aliphatic carbocycles. The van der Waals surface area contributed by atoms with Crippen molar-refractivity contribution in [2.45, 2.75) is 13.0 Å². The number of rotatable bonds is 4. The first-order chi connectivity index (χ1) is 8.83. The zero-order chi connectivity index (χ0) is 12.8. The van der Waals surface area contributed by atoms with Crippen LogP contribution in [0.1, 0.15) is 12.0 Å². The number of nitrogens with zero attached hydrogens (tertiary/aromatic N) is 1. The van der Waals surface area contributed by atoms with E-state index in [1.807, 2.05) is 18.2 Å². The predicted octanol–water partition coefficient (Wildman–Crippen LogP) is 1.76. The lowest BCUT2D eigenvalue weighted by Gasteiger charge is -2.16. The fraction of sp³-hybridized carbons (Fsp3) is 0.462. The van der Waals surface area contributed by atoms with Gasteiger partial charge in [-0.25, -0.2) is 0 Å². The molecule has 5 nitrogen and oxygen atoms in total. The van der Waals surface area contributed by atoms with Crippen LogP contribution in [-0.2, 0) is 6.54 Å². The summed E-state index contributed by atoms with van der Waals surface area (Å²) in [6, 6.07) is 5.89. The van der Waals surface area contributed by atoms with Crippen molar-refractivity contribution < 1.29 is 9.47 Å². The number of halogens is 1. The van der Waals surface area contributed by atoms with Crippen LogP contribution in [-0.4, -0.2) is 33.3 Å². The summed E-state index contributed by atoms with van der Waals surface area (Å²) < 4.78 is 10.5. The van der Waals surface area contributed by atoms with Crippen molar-refractivity contribution in [2.75, 3.05) is 27.3 Å². The average Bonchev–Trinajstić information content (AvgIpc) is 2.45. The average molecular weight is 377 g/mol. The summed E-state index contributed by atoms with van der Waals surface area (Å²) in [7, 11) is 3.28. The lowest BCUT2D eigenvalue weighted by atomic mass is 10.2. The highest BCUT2D eigenvalue weighted by Crippen LogP contribution is 2.27. The molecule has 0 saturated carbocycles. The number of aliphatic imine (C=N–C) groups is 1. The molecule has 0 unspecified atom stereocenters. The van der Waals surface area contributed by atoms with Crippen molar-refractivity contribution in [3.05, 3.63) is 23.8 Å². The van der Waals surface area contributed by atoms with Crippen LogP contribution in [0.15, 0.2) is 23.2 Å². The van der Waals surface area contributed by atoms with Crippen LogP contribution in [0, 0.1) is 0 Å². The Morgan fingerprint density at radius 1 is 1.26 bits per heavy atom. The van der Waals surface area contributed by atoms with Crippen LogP contribution in [0.2, 0.25) is 0 Å². The predicted molar refractivity (Wildman–Crippen MR) is 86.7 cm³/mol. The van der Waals surface area contributed by atoms with E-state index in [1.165, 1.54) is 0 Å². The number of benzene rings is 1. The van der Waals surface area contributed by atoms with Crippen molar-refractivity contribution in [3.63, 3.8) is 0 Å². The lowest BCUT2D eigenvalue weighted by Crippen LogP contribution is -2.40. The summed E-state index contributed by atoms with van der Waals surface area (Å²) in [5.41, 5.74) is 1.13. The van der Waals surface area contributed by atoms with Gasteiger partial charge in [0.25, 0.3) is 0 Å².